The number of nitrogens with two attached hydrogens (primary N) is 2. The fourth-order valence-corrected chi connectivity index (χ4v) is 3.36. The van der Waals surface area contributed by atoms with Crippen LogP contribution in [0.5, 0.6) is 11.5 Å². The molecule has 0 fully saturated rings. The van der Waals surface area contributed by atoms with Gasteiger partial charge in [0, 0.05) is 12.1 Å². The standard InChI is InChI=1S/C22H21N5O/c23-21(20-14-15-6-4-5-9-19(15)27(20)22(24)25)26-16-10-12-18(13-11-16)28-17-7-2-1-3-8-17/h1-13,20H,14H2,(H2,23,26)(H3,24,25). The number of guanidine groups is 1. The summed E-state index contributed by atoms with van der Waals surface area (Å²) in [5.74, 6) is 1.88. The van der Waals surface area contributed by atoms with Crippen LogP contribution in [0.1, 0.15) is 5.56 Å². The molecule has 1 atom stereocenters. The van der Waals surface area contributed by atoms with Crippen LogP contribution in [0.25, 0.3) is 0 Å². The maximum atomic E-state index is 7.94. The fourth-order valence-electron chi connectivity index (χ4n) is 3.36. The van der Waals surface area contributed by atoms with Gasteiger partial charge in [0.25, 0.3) is 0 Å². The minimum atomic E-state index is -0.268. The summed E-state index contributed by atoms with van der Waals surface area (Å²) in [6, 6.07) is 24.6. The summed E-state index contributed by atoms with van der Waals surface area (Å²) in [7, 11) is 0. The molecular formula is C22H21N5O. The molecule has 0 spiro atoms. The van der Waals surface area contributed by atoms with Crippen molar-refractivity contribution >= 4 is 23.2 Å². The van der Waals surface area contributed by atoms with E-state index in [0.717, 1.165) is 28.4 Å². The number of hydrogen-bond donors (Lipinski definition) is 3. The first kappa shape index (κ1) is 17.6. The van der Waals surface area contributed by atoms with Crippen molar-refractivity contribution in [2.45, 2.75) is 12.5 Å². The van der Waals surface area contributed by atoms with Crippen LogP contribution in [0.15, 0.2) is 83.9 Å². The van der Waals surface area contributed by atoms with Gasteiger partial charge in [0.2, 0.25) is 0 Å². The van der Waals surface area contributed by atoms with E-state index in [-0.39, 0.29) is 12.0 Å². The molecular weight excluding hydrogens is 350 g/mol. The monoisotopic (exact) mass is 371 g/mol. The van der Waals surface area contributed by atoms with E-state index in [4.69, 9.17) is 21.6 Å². The first-order valence-corrected chi connectivity index (χ1v) is 9.00. The number of rotatable bonds is 4. The highest BCUT2D eigenvalue weighted by Gasteiger charge is 2.33. The third kappa shape index (κ3) is 3.53. The zero-order valence-corrected chi connectivity index (χ0v) is 15.2. The molecule has 0 amide bonds. The van der Waals surface area contributed by atoms with E-state index in [9.17, 15) is 0 Å². The van der Waals surface area contributed by atoms with Crippen LogP contribution in [0.4, 0.5) is 11.4 Å². The minimum absolute atomic E-state index is 0.0419. The van der Waals surface area contributed by atoms with Crippen LogP contribution in [0, 0.1) is 5.41 Å². The van der Waals surface area contributed by atoms with Crippen molar-refractivity contribution in [2.24, 2.45) is 16.5 Å². The lowest BCUT2D eigenvalue weighted by molar-refractivity contribution is 0.483. The molecule has 140 valence electrons. The van der Waals surface area contributed by atoms with Crippen LogP contribution in [0.3, 0.4) is 0 Å². The quantitative estimate of drug-likeness (QED) is 0.480. The van der Waals surface area contributed by atoms with Crippen molar-refractivity contribution < 1.29 is 4.74 Å². The van der Waals surface area contributed by atoms with Gasteiger partial charge in [-0.05, 0) is 48.0 Å². The van der Waals surface area contributed by atoms with Crippen LogP contribution in [-0.2, 0) is 6.42 Å². The number of nitrogens with zero attached hydrogens (tertiary/aromatic N) is 2. The number of ether oxygens (including phenoxy) is 1. The summed E-state index contributed by atoms with van der Waals surface area (Å²) in [5, 5.41) is 7.94. The molecule has 6 heteroatoms. The molecule has 0 saturated carbocycles. The highest BCUT2D eigenvalue weighted by Crippen LogP contribution is 2.32. The summed E-state index contributed by atoms with van der Waals surface area (Å²) in [6.45, 7) is 0. The van der Waals surface area contributed by atoms with Gasteiger partial charge in [0.15, 0.2) is 5.96 Å². The second-order valence-electron chi connectivity index (χ2n) is 6.55. The molecule has 0 bridgehead atoms. The SMILES string of the molecule is N=C(N)N1c2ccccc2CC1C(N)=Nc1ccc(Oc2ccccc2)cc1. The minimum Gasteiger partial charge on any atom is -0.457 e. The fraction of sp³-hybridized carbons (Fsp3) is 0.0909. The summed E-state index contributed by atoms with van der Waals surface area (Å²) in [6.07, 6.45) is 0.667. The van der Waals surface area contributed by atoms with Crippen LogP contribution in [0.2, 0.25) is 0 Å². The summed E-state index contributed by atoms with van der Waals surface area (Å²) in [4.78, 5) is 6.27. The molecule has 5 N–H and O–H groups in total. The number of para-hydroxylation sites is 2. The Morgan fingerprint density at radius 3 is 2.25 bits per heavy atom. The average Bonchev–Trinajstić information content (AvgIpc) is 3.10. The van der Waals surface area contributed by atoms with Crippen LogP contribution in [-0.4, -0.2) is 17.8 Å². The van der Waals surface area contributed by atoms with Crippen molar-refractivity contribution in [3.8, 4) is 11.5 Å². The van der Waals surface area contributed by atoms with Gasteiger partial charge in [-0.15, -0.1) is 0 Å². The Bertz CT molecular complexity index is 1010. The zero-order valence-electron chi connectivity index (χ0n) is 15.2. The second kappa shape index (κ2) is 7.44. The highest BCUT2D eigenvalue weighted by atomic mass is 16.5. The van der Waals surface area contributed by atoms with Gasteiger partial charge < -0.3 is 21.1 Å². The first-order valence-electron chi connectivity index (χ1n) is 9.00. The smallest absolute Gasteiger partial charge is 0.193 e. The molecule has 0 aromatic heterocycles. The second-order valence-corrected chi connectivity index (χ2v) is 6.55. The van der Waals surface area contributed by atoms with E-state index in [2.05, 4.69) is 4.99 Å². The topological polar surface area (TPSA) is 101 Å². The summed E-state index contributed by atoms with van der Waals surface area (Å²) >= 11 is 0. The van der Waals surface area contributed by atoms with Gasteiger partial charge >= 0.3 is 0 Å². The predicted octanol–water partition coefficient (Wildman–Crippen LogP) is 3.79. The van der Waals surface area contributed by atoms with E-state index in [1.54, 1.807) is 4.90 Å². The van der Waals surface area contributed by atoms with Gasteiger partial charge in [0.05, 0.1) is 11.7 Å². The molecule has 1 heterocycles. The number of benzene rings is 3. The lowest BCUT2D eigenvalue weighted by Crippen LogP contribution is -2.48. The maximum absolute atomic E-state index is 7.94. The molecule has 3 aromatic rings. The molecule has 1 aliphatic heterocycles. The first-order chi connectivity index (χ1) is 13.6. The Morgan fingerprint density at radius 2 is 1.54 bits per heavy atom. The normalized spacial score (nSPS) is 15.9. The van der Waals surface area contributed by atoms with Crippen LogP contribution < -0.4 is 21.1 Å². The average molecular weight is 371 g/mol. The van der Waals surface area contributed by atoms with Crippen molar-refractivity contribution in [3.63, 3.8) is 0 Å². The van der Waals surface area contributed by atoms with Gasteiger partial charge in [-0.2, -0.15) is 0 Å². The Hall–Kier alpha value is -3.80. The summed E-state index contributed by atoms with van der Waals surface area (Å²) in [5.41, 5.74) is 14.8. The van der Waals surface area contributed by atoms with E-state index >= 15 is 0 Å². The van der Waals surface area contributed by atoms with E-state index in [1.807, 2.05) is 78.9 Å². The number of fused-ring (bicyclic) bond motifs is 1. The molecule has 0 radical (unpaired) electrons. The van der Waals surface area contributed by atoms with E-state index in [0.29, 0.717) is 12.3 Å². The maximum Gasteiger partial charge on any atom is 0.193 e. The molecule has 1 unspecified atom stereocenters. The van der Waals surface area contributed by atoms with Gasteiger partial charge in [-0.25, -0.2) is 4.99 Å². The Morgan fingerprint density at radius 1 is 0.893 bits per heavy atom. The molecule has 0 saturated heterocycles. The Kier molecular flexibility index (Phi) is 4.68. The number of nitrogens with one attached hydrogen (secondary N) is 1. The van der Waals surface area contributed by atoms with Crippen molar-refractivity contribution in [3.05, 3.63) is 84.4 Å². The number of amidine groups is 1. The van der Waals surface area contributed by atoms with E-state index in [1.165, 1.54) is 0 Å². The largest absolute Gasteiger partial charge is 0.457 e. The third-order valence-corrected chi connectivity index (χ3v) is 4.65. The molecule has 6 nitrogen and oxygen atoms in total. The lowest BCUT2D eigenvalue weighted by Gasteiger charge is -2.25. The number of anilines is 1. The van der Waals surface area contributed by atoms with Gasteiger partial charge in [-0.3, -0.25) is 5.41 Å². The molecule has 4 rings (SSSR count). The van der Waals surface area contributed by atoms with E-state index < -0.39 is 0 Å². The Balaban J connectivity index is 1.53. The molecule has 3 aromatic carbocycles. The van der Waals surface area contributed by atoms with Crippen molar-refractivity contribution in [2.75, 3.05) is 4.90 Å². The molecule has 1 aliphatic rings. The van der Waals surface area contributed by atoms with Crippen LogP contribution >= 0.6 is 0 Å². The summed E-state index contributed by atoms with van der Waals surface area (Å²) < 4.78 is 5.80. The number of aliphatic imine (C=N–C) groups is 1. The highest BCUT2D eigenvalue weighted by molar-refractivity contribution is 6.04. The molecule has 28 heavy (non-hydrogen) atoms. The van der Waals surface area contributed by atoms with Gasteiger partial charge in [0.1, 0.15) is 17.3 Å². The van der Waals surface area contributed by atoms with Crippen molar-refractivity contribution in [1.29, 1.82) is 5.41 Å². The molecule has 0 aliphatic carbocycles. The zero-order chi connectivity index (χ0) is 19.5. The lowest BCUT2D eigenvalue weighted by atomic mass is 10.1. The van der Waals surface area contributed by atoms with Crippen molar-refractivity contribution in [1.82, 2.24) is 0 Å². The van der Waals surface area contributed by atoms with Gasteiger partial charge in [-0.1, -0.05) is 36.4 Å². The predicted molar refractivity (Wildman–Crippen MR) is 113 cm³/mol. The third-order valence-electron chi connectivity index (χ3n) is 4.65. The number of hydrogen-bond acceptors (Lipinski definition) is 3. The Labute approximate surface area is 163 Å².